The van der Waals surface area contributed by atoms with E-state index in [0.717, 1.165) is 25.7 Å². The van der Waals surface area contributed by atoms with Gasteiger partial charge in [-0.25, -0.2) is 4.79 Å². The van der Waals surface area contributed by atoms with Crippen LogP contribution in [0.5, 0.6) is 0 Å². The summed E-state index contributed by atoms with van der Waals surface area (Å²) in [5.41, 5.74) is -0.422. The van der Waals surface area contributed by atoms with Crippen LogP contribution in [0.3, 0.4) is 0 Å². The minimum absolute atomic E-state index is 0.422. The molecule has 1 unspecified atom stereocenters. The maximum atomic E-state index is 10.4. The second kappa shape index (κ2) is 8.44. The number of carbonyl (C=O) groups excluding carboxylic acids is 1. The molecule has 0 saturated carbocycles. The van der Waals surface area contributed by atoms with E-state index in [1.807, 2.05) is 13.8 Å². The van der Waals surface area contributed by atoms with Crippen molar-refractivity contribution in [3.05, 3.63) is 0 Å². The lowest BCUT2D eigenvalue weighted by molar-refractivity contribution is -0.635. The van der Waals surface area contributed by atoms with E-state index >= 15 is 0 Å². The quantitative estimate of drug-likeness (QED) is 0.356. The van der Waals surface area contributed by atoms with E-state index < -0.39 is 11.6 Å². The number of carbonyl (C=O) groups is 1. The van der Waals surface area contributed by atoms with Crippen molar-refractivity contribution in [1.82, 2.24) is 0 Å². The summed E-state index contributed by atoms with van der Waals surface area (Å²) in [6.45, 7) is 9.52. The average molecular weight is 248 g/mol. The minimum Gasteiger partial charge on any atom is -0.267 e. The molecule has 0 radical (unpaired) electrons. The van der Waals surface area contributed by atoms with Crippen LogP contribution in [0.2, 0.25) is 0 Å². The lowest BCUT2D eigenvalue weighted by Crippen LogP contribution is -2.28. The molecule has 17 heavy (non-hydrogen) atoms. The Labute approximate surface area is 103 Å². The lowest BCUT2D eigenvalue weighted by atomic mass is 9.94. The van der Waals surface area contributed by atoms with Gasteiger partial charge in [-0.05, 0) is 30.7 Å². The Morgan fingerprint density at radius 3 is 2.41 bits per heavy atom. The zero-order valence-corrected chi connectivity index (χ0v) is 11.4. The van der Waals surface area contributed by atoms with Crippen LogP contribution in [0.1, 0.15) is 60.3 Å². The predicted molar refractivity (Wildman–Crippen MR) is 62.4 cm³/mol. The smallest absolute Gasteiger partial charge is 0.267 e. The van der Waals surface area contributed by atoms with Gasteiger partial charge in [0.05, 0.1) is 0 Å². The summed E-state index contributed by atoms with van der Waals surface area (Å²) in [5, 5.41) is 8.56. The SMILES string of the molecule is CCC(C)(CCCC(C)C)OOOOC(C)=O. The van der Waals surface area contributed by atoms with Gasteiger partial charge >= 0.3 is 5.97 Å². The van der Waals surface area contributed by atoms with Gasteiger partial charge in [0.2, 0.25) is 0 Å². The summed E-state index contributed by atoms with van der Waals surface area (Å²) in [6, 6.07) is 0. The highest BCUT2D eigenvalue weighted by Crippen LogP contribution is 2.24. The van der Waals surface area contributed by atoms with Crippen molar-refractivity contribution in [3.63, 3.8) is 0 Å². The minimum atomic E-state index is -0.591. The molecule has 0 bridgehead atoms. The van der Waals surface area contributed by atoms with Crippen molar-refractivity contribution in [1.29, 1.82) is 0 Å². The van der Waals surface area contributed by atoms with Gasteiger partial charge in [0.15, 0.2) is 0 Å². The Bertz CT molecular complexity index is 217. The molecule has 0 aliphatic heterocycles. The number of hydrogen-bond acceptors (Lipinski definition) is 5. The Balaban J connectivity index is 3.80. The van der Waals surface area contributed by atoms with Crippen molar-refractivity contribution >= 4 is 5.97 Å². The zero-order chi connectivity index (χ0) is 13.3. The van der Waals surface area contributed by atoms with Crippen molar-refractivity contribution in [2.24, 2.45) is 5.92 Å². The second-order valence-electron chi connectivity index (χ2n) is 4.88. The van der Waals surface area contributed by atoms with Crippen LogP contribution in [0.25, 0.3) is 0 Å². The van der Waals surface area contributed by atoms with Gasteiger partial charge in [0.25, 0.3) is 0 Å². The van der Waals surface area contributed by atoms with Crippen molar-refractivity contribution in [3.8, 4) is 0 Å². The molecule has 5 heteroatoms. The molecule has 0 spiro atoms. The monoisotopic (exact) mass is 248 g/mol. The van der Waals surface area contributed by atoms with E-state index in [1.54, 1.807) is 0 Å². The summed E-state index contributed by atoms with van der Waals surface area (Å²) in [5.74, 6) is 0.0842. The lowest BCUT2D eigenvalue weighted by Gasteiger charge is -2.25. The van der Waals surface area contributed by atoms with Crippen LogP contribution in [0, 0.1) is 5.92 Å². The Morgan fingerprint density at radius 1 is 1.29 bits per heavy atom. The van der Waals surface area contributed by atoms with E-state index in [0.29, 0.717) is 5.92 Å². The van der Waals surface area contributed by atoms with Crippen LogP contribution < -0.4 is 0 Å². The average Bonchev–Trinajstić information content (AvgIpc) is 2.24. The Kier molecular flexibility index (Phi) is 8.12. The molecule has 5 nitrogen and oxygen atoms in total. The molecule has 0 aliphatic rings. The fourth-order valence-electron chi connectivity index (χ4n) is 1.32. The fourth-order valence-corrected chi connectivity index (χ4v) is 1.32. The van der Waals surface area contributed by atoms with Crippen molar-refractivity contribution < 1.29 is 24.6 Å². The third-order valence-corrected chi connectivity index (χ3v) is 2.65. The highest BCUT2D eigenvalue weighted by Gasteiger charge is 2.25. The van der Waals surface area contributed by atoms with E-state index in [9.17, 15) is 4.79 Å². The number of hydrogen-bond donors (Lipinski definition) is 0. The largest absolute Gasteiger partial charge is 0.342 e. The molecule has 0 amide bonds. The molecule has 0 aromatic heterocycles. The standard InChI is InChI=1S/C12H24O5/c1-6-12(5,9-7-8-10(2)3)15-17-16-14-11(4)13/h10H,6-9H2,1-5H3. The first-order valence-corrected chi connectivity index (χ1v) is 6.09. The summed E-state index contributed by atoms with van der Waals surface area (Å²) >= 11 is 0. The molecule has 0 saturated heterocycles. The second-order valence-corrected chi connectivity index (χ2v) is 4.88. The van der Waals surface area contributed by atoms with E-state index in [4.69, 9.17) is 4.89 Å². The summed E-state index contributed by atoms with van der Waals surface area (Å²) in [7, 11) is 0. The highest BCUT2D eigenvalue weighted by molar-refractivity contribution is 5.65. The van der Waals surface area contributed by atoms with Crippen LogP contribution in [0.15, 0.2) is 0 Å². The third-order valence-electron chi connectivity index (χ3n) is 2.65. The molecular formula is C12H24O5. The Morgan fingerprint density at radius 2 is 1.94 bits per heavy atom. The molecule has 0 aromatic carbocycles. The van der Waals surface area contributed by atoms with Crippen LogP contribution in [-0.4, -0.2) is 11.6 Å². The van der Waals surface area contributed by atoms with Crippen molar-refractivity contribution in [2.75, 3.05) is 0 Å². The first-order chi connectivity index (χ1) is 7.89. The molecule has 0 aromatic rings. The summed E-state index contributed by atoms with van der Waals surface area (Å²) in [6.07, 6.45) is 3.85. The van der Waals surface area contributed by atoms with Gasteiger partial charge in [-0.3, -0.25) is 4.89 Å². The molecule has 102 valence electrons. The van der Waals surface area contributed by atoms with E-state index in [-0.39, 0.29) is 0 Å². The van der Waals surface area contributed by atoms with Crippen molar-refractivity contribution in [2.45, 2.75) is 65.9 Å². The van der Waals surface area contributed by atoms with Gasteiger partial charge in [0.1, 0.15) is 5.60 Å². The van der Waals surface area contributed by atoms with Gasteiger partial charge in [0, 0.05) is 12.0 Å². The van der Waals surface area contributed by atoms with E-state index in [1.165, 1.54) is 6.92 Å². The molecule has 0 fully saturated rings. The molecular weight excluding hydrogens is 224 g/mol. The normalized spacial score (nSPS) is 14.7. The predicted octanol–water partition coefficient (Wildman–Crippen LogP) is 3.34. The van der Waals surface area contributed by atoms with Crippen LogP contribution in [-0.2, 0) is 24.6 Å². The highest BCUT2D eigenvalue weighted by atomic mass is 17.7. The molecule has 0 rings (SSSR count). The van der Waals surface area contributed by atoms with Crippen LogP contribution >= 0.6 is 0 Å². The molecule has 0 aliphatic carbocycles. The van der Waals surface area contributed by atoms with Gasteiger partial charge in [-0.1, -0.05) is 33.6 Å². The topological polar surface area (TPSA) is 54.0 Å². The third kappa shape index (κ3) is 9.09. The summed E-state index contributed by atoms with van der Waals surface area (Å²) in [4.78, 5) is 19.7. The van der Waals surface area contributed by atoms with Crippen LogP contribution in [0.4, 0.5) is 0 Å². The summed E-state index contributed by atoms with van der Waals surface area (Å²) < 4.78 is 0. The molecule has 0 heterocycles. The Hall–Kier alpha value is -0.650. The van der Waals surface area contributed by atoms with Gasteiger partial charge in [-0.2, -0.15) is 4.89 Å². The maximum Gasteiger partial charge on any atom is 0.342 e. The zero-order valence-electron chi connectivity index (χ0n) is 11.4. The number of rotatable bonds is 9. The molecule has 0 N–H and O–H groups in total. The first-order valence-electron chi connectivity index (χ1n) is 6.09. The fraction of sp³-hybridized carbons (Fsp3) is 0.917. The maximum absolute atomic E-state index is 10.4. The van der Waals surface area contributed by atoms with Gasteiger partial charge in [-0.15, -0.1) is 0 Å². The molecule has 1 atom stereocenters. The van der Waals surface area contributed by atoms with Gasteiger partial charge < -0.3 is 0 Å². The van der Waals surface area contributed by atoms with E-state index in [2.05, 4.69) is 28.8 Å². The first kappa shape index (κ1) is 16.4.